The van der Waals surface area contributed by atoms with Gasteiger partial charge in [0.05, 0.1) is 23.4 Å². The average molecular weight is 429 g/mol. The Labute approximate surface area is 175 Å². The molecule has 0 aliphatic carbocycles. The number of hydrogen-bond donors (Lipinski definition) is 1. The highest BCUT2D eigenvalue weighted by Crippen LogP contribution is 2.37. The van der Waals surface area contributed by atoms with Gasteiger partial charge in [0.25, 0.3) is 11.8 Å². The molecule has 0 saturated heterocycles. The number of nitrogens with one attached hydrogen (secondary N) is 1. The highest BCUT2D eigenvalue weighted by Gasteiger charge is 2.41. The van der Waals surface area contributed by atoms with E-state index >= 15 is 0 Å². The summed E-state index contributed by atoms with van der Waals surface area (Å²) in [5.74, 6) is -1.07. The molecule has 0 atom stereocenters. The fourth-order valence-corrected chi connectivity index (χ4v) is 4.05. The van der Waals surface area contributed by atoms with Crippen LogP contribution in [0.25, 0.3) is 5.57 Å². The maximum Gasteiger partial charge on any atom is 0.282 e. The Hall–Kier alpha value is -3.16. The zero-order chi connectivity index (χ0) is 20.5. The van der Waals surface area contributed by atoms with Gasteiger partial charge in [0, 0.05) is 10.6 Å². The van der Waals surface area contributed by atoms with Gasteiger partial charge < -0.3 is 10.1 Å². The fraction of sp³-hybridized carbons (Fsp3) is 0.0476. The molecular formula is C21H14ClFN2O3S. The largest absolute Gasteiger partial charge is 0.495 e. The van der Waals surface area contributed by atoms with Crippen LogP contribution in [0.3, 0.4) is 0 Å². The second-order valence-corrected chi connectivity index (χ2v) is 7.48. The number of imide groups is 1. The van der Waals surface area contributed by atoms with Crippen LogP contribution in [-0.4, -0.2) is 18.9 Å². The van der Waals surface area contributed by atoms with Crippen LogP contribution >= 0.6 is 22.9 Å². The van der Waals surface area contributed by atoms with E-state index in [2.05, 4.69) is 5.32 Å². The van der Waals surface area contributed by atoms with Crippen molar-refractivity contribution in [2.24, 2.45) is 0 Å². The number of halogens is 2. The Bertz CT molecular complexity index is 1140. The molecule has 1 N–H and O–H groups in total. The van der Waals surface area contributed by atoms with Crippen molar-refractivity contribution in [2.75, 3.05) is 17.3 Å². The first-order valence-electron chi connectivity index (χ1n) is 8.52. The zero-order valence-electron chi connectivity index (χ0n) is 15.1. The van der Waals surface area contributed by atoms with E-state index in [0.29, 0.717) is 22.0 Å². The quantitative estimate of drug-likeness (QED) is 0.584. The van der Waals surface area contributed by atoms with Crippen LogP contribution in [0, 0.1) is 5.82 Å². The van der Waals surface area contributed by atoms with E-state index in [1.807, 2.05) is 5.38 Å². The molecule has 1 aliphatic rings. The molecule has 0 saturated carbocycles. The van der Waals surface area contributed by atoms with Crippen molar-refractivity contribution in [3.63, 3.8) is 0 Å². The Morgan fingerprint density at radius 1 is 1.07 bits per heavy atom. The molecule has 0 spiro atoms. The number of hydrogen-bond acceptors (Lipinski definition) is 5. The van der Waals surface area contributed by atoms with Crippen LogP contribution in [0.4, 0.5) is 15.8 Å². The molecule has 29 heavy (non-hydrogen) atoms. The van der Waals surface area contributed by atoms with E-state index in [4.69, 9.17) is 16.3 Å². The van der Waals surface area contributed by atoms with Gasteiger partial charge in [0.15, 0.2) is 0 Å². The Balaban J connectivity index is 1.79. The monoisotopic (exact) mass is 428 g/mol. The minimum atomic E-state index is -0.552. The molecule has 0 unspecified atom stereocenters. The number of ether oxygens (including phenoxy) is 1. The fourth-order valence-electron chi connectivity index (χ4n) is 3.03. The maximum atomic E-state index is 13.6. The van der Waals surface area contributed by atoms with Crippen LogP contribution in [0.1, 0.15) is 4.88 Å². The lowest BCUT2D eigenvalue weighted by molar-refractivity contribution is -0.120. The number of nitrogens with zero attached hydrogens (tertiary/aromatic N) is 1. The lowest BCUT2D eigenvalue weighted by Gasteiger charge is -2.16. The number of anilines is 2. The standard InChI is InChI=1S/C21H14ClFN2O3S/c1-28-16-8-7-14(11-15(16)22)25-20(26)18(17-6-3-9-29-17)19(21(25)27)24-13-5-2-4-12(23)10-13/h2-11,24H,1H3. The lowest BCUT2D eigenvalue weighted by Crippen LogP contribution is -2.32. The first-order chi connectivity index (χ1) is 14.0. The van der Waals surface area contributed by atoms with E-state index in [-0.39, 0.29) is 16.3 Å². The molecular weight excluding hydrogens is 415 g/mol. The van der Waals surface area contributed by atoms with Crippen LogP contribution < -0.4 is 15.0 Å². The molecule has 2 aromatic carbocycles. The molecule has 3 aromatic rings. The number of carbonyl (C=O) groups is 2. The molecule has 0 radical (unpaired) electrons. The SMILES string of the molecule is COc1ccc(N2C(=O)C(Nc3cccc(F)c3)=C(c3cccs3)C2=O)cc1Cl. The van der Waals surface area contributed by atoms with Crippen molar-refractivity contribution in [3.05, 3.63) is 81.4 Å². The summed E-state index contributed by atoms with van der Waals surface area (Å²) < 4.78 is 18.7. The molecule has 5 nitrogen and oxygen atoms in total. The first kappa shape index (κ1) is 19.2. The minimum absolute atomic E-state index is 0.0787. The molecule has 1 aliphatic heterocycles. The number of amides is 2. The summed E-state index contributed by atoms with van der Waals surface area (Å²) in [6.07, 6.45) is 0. The molecule has 1 aromatic heterocycles. The van der Waals surface area contributed by atoms with Gasteiger partial charge >= 0.3 is 0 Å². The highest BCUT2D eigenvalue weighted by atomic mass is 35.5. The number of methoxy groups -OCH3 is 1. The van der Waals surface area contributed by atoms with Gasteiger partial charge in [0.2, 0.25) is 0 Å². The predicted octanol–water partition coefficient (Wildman–Crippen LogP) is 4.95. The van der Waals surface area contributed by atoms with Crippen molar-refractivity contribution in [3.8, 4) is 5.75 Å². The molecule has 2 heterocycles. The Morgan fingerprint density at radius 2 is 1.90 bits per heavy atom. The Kier molecular flexibility index (Phi) is 5.08. The highest BCUT2D eigenvalue weighted by molar-refractivity contribution is 7.11. The normalized spacial score (nSPS) is 14.0. The molecule has 0 fully saturated rings. The third-order valence-corrected chi connectivity index (χ3v) is 5.52. The van der Waals surface area contributed by atoms with Crippen molar-refractivity contribution in [1.82, 2.24) is 0 Å². The van der Waals surface area contributed by atoms with E-state index in [1.165, 1.54) is 42.7 Å². The van der Waals surface area contributed by atoms with Crippen LogP contribution in [0.5, 0.6) is 5.75 Å². The second-order valence-electron chi connectivity index (χ2n) is 6.13. The predicted molar refractivity (Wildman–Crippen MR) is 112 cm³/mol. The van der Waals surface area contributed by atoms with Crippen molar-refractivity contribution in [1.29, 1.82) is 0 Å². The number of rotatable bonds is 5. The maximum absolute atomic E-state index is 13.6. The molecule has 2 amide bonds. The average Bonchev–Trinajstić information content (AvgIpc) is 3.29. The number of thiophene rings is 1. The minimum Gasteiger partial charge on any atom is -0.495 e. The lowest BCUT2D eigenvalue weighted by atomic mass is 10.2. The third kappa shape index (κ3) is 3.50. The second kappa shape index (κ2) is 7.69. The van der Waals surface area contributed by atoms with Gasteiger partial charge in [-0.3, -0.25) is 9.59 Å². The van der Waals surface area contributed by atoms with Crippen molar-refractivity contribution >= 4 is 51.7 Å². The third-order valence-electron chi connectivity index (χ3n) is 4.34. The van der Waals surface area contributed by atoms with Crippen molar-refractivity contribution in [2.45, 2.75) is 0 Å². The topological polar surface area (TPSA) is 58.6 Å². The molecule has 146 valence electrons. The molecule has 0 bridgehead atoms. The smallest absolute Gasteiger partial charge is 0.282 e. The van der Waals surface area contributed by atoms with Gasteiger partial charge in [-0.15, -0.1) is 11.3 Å². The first-order valence-corrected chi connectivity index (χ1v) is 9.78. The molecule has 8 heteroatoms. The van der Waals surface area contributed by atoms with Gasteiger partial charge in [-0.1, -0.05) is 23.7 Å². The van der Waals surface area contributed by atoms with Crippen molar-refractivity contribution < 1.29 is 18.7 Å². The summed E-state index contributed by atoms with van der Waals surface area (Å²) in [5, 5.41) is 5.00. The summed E-state index contributed by atoms with van der Waals surface area (Å²) in [6.45, 7) is 0. The summed E-state index contributed by atoms with van der Waals surface area (Å²) in [7, 11) is 1.48. The van der Waals surface area contributed by atoms with E-state index < -0.39 is 17.6 Å². The summed E-state index contributed by atoms with van der Waals surface area (Å²) >= 11 is 7.51. The Morgan fingerprint density at radius 3 is 2.55 bits per heavy atom. The van der Waals surface area contributed by atoms with Gasteiger partial charge in [-0.25, -0.2) is 9.29 Å². The van der Waals surface area contributed by atoms with E-state index in [0.717, 1.165) is 4.90 Å². The van der Waals surface area contributed by atoms with Gasteiger partial charge in [-0.05, 0) is 47.8 Å². The number of benzene rings is 2. The zero-order valence-corrected chi connectivity index (χ0v) is 16.7. The van der Waals surface area contributed by atoms with Crippen LogP contribution in [0.15, 0.2) is 65.7 Å². The number of carbonyl (C=O) groups excluding carboxylic acids is 2. The van der Waals surface area contributed by atoms with E-state index in [9.17, 15) is 14.0 Å². The summed E-state index contributed by atoms with van der Waals surface area (Å²) in [5.41, 5.74) is 0.983. The van der Waals surface area contributed by atoms with Crippen LogP contribution in [-0.2, 0) is 9.59 Å². The summed E-state index contributed by atoms with van der Waals surface area (Å²) in [6, 6.07) is 13.9. The van der Waals surface area contributed by atoms with Crippen LogP contribution in [0.2, 0.25) is 5.02 Å². The molecule has 4 rings (SSSR count). The van der Waals surface area contributed by atoms with E-state index in [1.54, 1.807) is 30.3 Å². The van der Waals surface area contributed by atoms with Gasteiger partial charge in [0.1, 0.15) is 17.3 Å². The summed E-state index contributed by atoms with van der Waals surface area (Å²) in [4.78, 5) is 28.1. The van der Waals surface area contributed by atoms with Gasteiger partial charge in [-0.2, -0.15) is 0 Å².